The molecule has 0 amide bonds. The number of aryl methyl sites for hydroxylation is 2. The summed E-state index contributed by atoms with van der Waals surface area (Å²) >= 11 is 6.41. The third-order valence-electron chi connectivity index (χ3n) is 3.39. The minimum Gasteiger partial charge on any atom is -0.307 e. The summed E-state index contributed by atoms with van der Waals surface area (Å²) in [6, 6.07) is 1.87. The molecule has 0 saturated heterocycles. The molecule has 0 aliphatic rings. The summed E-state index contributed by atoms with van der Waals surface area (Å²) in [6.45, 7) is 7.87. The summed E-state index contributed by atoms with van der Waals surface area (Å²) in [5.41, 5.74) is 1.91. The molecule has 2 aromatic rings. The summed E-state index contributed by atoms with van der Waals surface area (Å²) in [4.78, 5) is 8.75. The minimum absolute atomic E-state index is 0.0463. The van der Waals surface area contributed by atoms with Crippen LogP contribution in [-0.2, 0) is 13.0 Å². The molecule has 0 spiro atoms. The van der Waals surface area contributed by atoms with Gasteiger partial charge in [-0.25, -0.2) is 9.97 Å². The van der Waals surface area contributed by atoms with Crippen LogP contribution in [0.1, 0.15) is 43.5 Å². The van der Waals surface area contributed by atoms with E-state index in [1.807, 2.05) is 17.7 Å². The van der Waals surface area contributed by atoms with Crippen LogP contribution in [0, 0.1) is 6.92 Å². The van der Waals surface area contributed by atoms with E-state index in [1.165, 1.54) is 0 Å². The molecule has 1 N–H and O–H groups in total. The van der Waals surface area contributed by atoms with Crippen molar-refractivity contribution >= 4 is 11.6 Å². The van der Waals surface area contributed by atoms with Gasteiger partial charge in [0.15, 0.2) is 0 Å². The number of hydrogen-bond acceptors (Lipinski definition) is 4. The van der Waals surface area contributed by atoms with Crippen molar-refractivity contribution in [3.63, 3.8) is 0 Å². The van der Waals surface area contributed by atoms with Crippen molar-refractivity contribution in [3.05, 3.63) is 40.7 Å². The van der Waals surface area contributed by atoms with E-state index >= 15 is 0 Å². The molecule has 1 unspecified atom stereocenters. The van der Waals surface area contributed by atoms with Gasteiger partial charge in [0.25, 0.3) is 0 Å². The number of nitrogens with zero attached hydrogens (tertiary/aromatic N) is 4. The molecule has 21 heavy (non-hydrogen) atoms. The average Bonchev–Trinajstić information content (AvgIpc) is 2.79. The van der Waals surface area contributed by atoms with Crippen LogP contribution in [0.4, 0.5) is 0 Å². The van der Waals surface area contributed by atoms with E-state index in [2.05, 4.69) is 34.2 Å². The van der Waals surface area contributed by atoms with Crippen LogP contribution in [0.3, 0.4) is 0 Å². The molecule has 2 rings (SSSR count). The molecule has 2 aromatic heterocycles. The van der Waals surface area contributed by atoms with E-state index in [4.69, 9.17) is 11.6 Å². The molecule has 114 valence electrons. The first-order chi connectivity index (χ1) is 10.2. The van der Waals surface area contributed by atoms with Crippen LogP contribution in [0.25, 0.3) is 0 Å². The second kappa shape index (κ2) is 7.52. The summed E-state index contributed by atoms with van der Waals surface area (Å²) in [6.07, 6.45) is 5.33. The maximum Gasteiger partial charge on any atom is 0.145 e. The lowest BCUT2D eigenvalue weighted by Crippen LogP contribution is -2.27. The molecule has 6 heteroatoms. The van der Waals surface area contributed by atoms with Gasteiger partial charge < -0.3 is 5.32 Å². The first-order valence-electron chi connectivity index (χ1n) is 7.39. The third kappa shape index (κ3) is 3.80. The van der Waals surface area contributed by atoms with Crippen LogP contribution in [-0.4, -0.2) is 26.3 Å². The average molecular weight is 308 g/mol. The van der Waals surface area contributed by atoms with Gasteiger partial charge in [-0.05, 0) is 32.9 Å². The Morgan fingerprint density at radius 3 is 2.62 bits per heavy atom. The van der Waals surface area contributed by atoms with Gasteiger partial charge >= 0.3 is 0 Å². The zero-order valence-electron chi connectivity index (χ0n) is 12.8. The Morgan fingerprint density at radius 2 is 2.00 bits per heavy atom. The quantitative estimate of drug-likeness (QED) is 0.854. The Bertz CT molecular complexity index is 567. The first kappa shape index (κ1) is 15.9. The summed E-state index contributed by atoms with van der Waals surface area (Å²) < 4.78 is 1.96. The van der Waals surface area contributed by atoms with Gasteiger partial charge in [0, 0.05) is 25.4 Å². The van der Waals surface area contributed by atoms with Crippen molar-refractivity contribution in [1.29, 1.82) is 0 Å². The number of halogens is 1. The number of hydrogen-bond donors (Lipinski definition) is 1. The Hall–Kier alpha value is -1.46. The van der Waals surface area contributed by atoms with Gasteiger partial charge in [0.05, 0.1) is 22.5 Å². The second-order valence-electron chi connectivity index (χ2n) is 4.98. The highest BCUT2D eigenvalue weighted by molar-refractivity contribution is 6.31. The van der Waals surface area contributed by atoms with E-state index in [0.717, 1.165) is 48.2 Å². The van der Waals surface area contributed by atoms with E-state index in [1.54, 1.807) is 12.4 Å². The van der Waals surface area contributed by atoms with Gasteiger partial charge in [0.2, 0.25) is 0 Å². The lowest BCUT2D eigenvalue weighted by atomic mass is 10.1. The smallest absolute Gasteiger partial charge is 0.145 e. The monoisotopic (exact) mass is 307 g/mol. The predicted molar refractivity (Wildman–Crippen MR) is 84.4 cm³/mol. The van der Waals surface area contributed by atoms with E-state index < -0.39 is 0 Å². The molecule has 0 bridgehead atoms. The van der Waals surface area contributed by atoms with Gasteiger partial charge in [-0.15, -0.1) is 0 Å². The highest BCUT2D eigenvalue weighted by Crippen LogP contribution is 2.25. The van der Waals surface area contributed by atoms with Crippen molar-refractivity contribution in [3.8, 4) is 0 Å². The van der Waals surface area contributed by atoms with Crippen molar-refractivity contribution in [1.82, 2.24) is 25.1 Å². The molecular weight excluding hydrogens is 286 g/mol. The van der Waals surface area contributed by atoms with E-state index in [-0.39, 0.29) is 6.04 Å². The first-order valence-corrected chi connectivity index (χ1v) is 7.77. The largest absolute Gasteiger partial charge is 0.307 e. The van der Waals surface area contributed by atoms with Crippen molar-refractivity contribution in [2.24, 2.45) is 0 Å². The molecule has 0 fully saturated rings. The molecule has 2 heterocycles. The molecule has 1 atom stereocenters. The van der Waals surface area contributed by atoms with Gasteiger partial charge in [-0.3, -0.25) is 4.68 Å². The normalized spacial score (nSPS) is 12.6. The number of aromatic nitrogens is 4. The minimum atomic E-state index is 0.0463. The van der Waals surface area contributed by atoms with E-state index in [0.29, 0.717) is 0 Å². The second-order valence-corrected chi connectivity index (χ2v) is 5.36. The maximum absolute atomic E-state index is 6.41. The molecular formula is C15H22ClN5. The zero-order valence-corrected chi connectivity index (χ0v) is 13.6. The Labute approximate surface area is 130 Å². The molecule has 0 saturated carbocycles. The number of rotatable bonds is 7. The molecule has 0 aliphatic carbocycles. The van der Waals surface area contributed by atoms with Gasteiger partial charge in [-0.1, -0.05) is 18.5 Å². The standard InChI is InChI=1S/C15H22ClN5/c1-4-7-17-12(15-18-8-6-9-19-15)10-13-14(16)11(3)20-21(13)5-2/h6,8-9,12,17H,4-5,7,10H2,1-3H3. The Morgan fingerprint density at radius 1 is 1.29 bits per heavy atom. The zero-order chi connectivity index (χ0) is 15.2. The van der Waals surface area contributed by atoms with Crippen LogP contribution in [0.5, 0.6) is 0 Å². The Balaban J connectivity index is 2.27. The van der Waals surface area contributed by atoms with Crippen molar-refractivity contribution in [2.75, 3.05) is 6.54 Å². The van der Waals surface area contributed by atoms with Gasteiger partial charge in [0.1, 0.15) is 5.82 Å². The molecule has 5 nitrogen and oxygen atoms in total. The number of nitrogens with one attached hydrogen (secondary N) is 1. The topological polar surface area (TPSA) is 55.6 Å². The lowest BCUT2D eigenvalue weighted by molar-refractivity contribution is 0.482. The molecule has 0 radical (unpaired) electrons. The predicted octanol–water partition coefficient (Wildman–Crippen LogP) is 2.94. The van der Waals surface area contributed by atoms with Crippen molar-refractivity contribution in [2.45, 2.75) is 46.2 Å². The van der Waals surface area contributed by atoms with Gasteiger partial charge in [-0.2, -0.15) is 5.10 Å². The van der Waals surface area contributed by atoms with Crippen LogP contribution >= 0.6 is 11.6 Å². The fraction of sp³-hybridized carbons (Fsp3) is 0.533. The highest BCUT2D eigenvalue weighted by atomic mass is 35.5. The lowest BCUT2D eigenvalue weighted by Gasteiger charge is -2.17. The third-order valence-corrected chi connectivity index (χ3v) is 3.88. The molecule has 0 aromatic carbocycles. The Kier molecular flexibility index (Phi) is 5.70. The van der Waals surface area contributed by atoms with E-state index in [9.17, 15) is 0 Å². The SMILES string of the molecule is CCCNC(Cc1c(Cl)c(C)nn1CC)c1ncccn1. The van der Waals surface area contributed by atoms with Crippen LogP contribution in [0.2, 0.25) is 5.02 Å². The molecule has 0 aliphatic heterocycles. The maximum atomic E-state index is 6.41. The summed E-state index contributed by atoms with van der Waals surface area (Å²) in [7, 11) is 0. The highest BCUT2D eigenvalue weighted by Gasteiger charge is 2.20. The van der Waals surface area contributed by atoms with Crippen LogP contribution < -0.4 is 5.32 Å². The summed E-state index contributed by atoms with van der Waals surface area (Å²) in [5.74, 6) is 0.795. The fourth-order valence-electron chi connectivity index (χ4n) is 2.32. The summed E-state index contributed by atoms with van der Waals surface area (Å²) in [5, 5.41) is 8.72. The van der Waals surface area contributed by atoms with Crippen molar-refractivity contribution < 1.29 is 0 Å². The fourth-order valence-corrected chi connectivity index (χ4v) is 2.53. The van der Waals surface area contributed by atoms with Crippen LogP contribution in [0.15, 0.2) is 18.5 Å².